The highest BCUT2D eigenvalue weighted by Crippen LogP contribution is 2.19. The van der Waals surface area contributed by atoms with E-state index in [-0.39, 0.29) is 31.0 Å². The van der Waals surface area contributed by atoms with Crippen LogP contribution in [0, 0.1) is 0 Å². The maximum absolute atomic E-state index is 13.1. The zero-order valence-corrected chi connectivity index (χ0v) is 19.8. The molecule has 0 saturated carbocycles. The van der Waals surface area contributed by atoms with Crippen LogP contribution in [0.15, 0.2) is 48.5 Å². The van der Waals surface area contributed by atoms with Crippen LogP contribution in [0.25, 0.3) is 0 Å². The van der Waals surface area contributed by atoms with Crippen molar-refractivity contribution in [2.75, 3.05) is 6.61 Å². The molecule has 2 aromatic rings. The highest BCUT2D eigenvalue weighted by molar-refractivity contribution is 6.30. The summed E-state index contributed by atoms with van der Waals surface area (Å²) in [7, 11) is 0. The highest BCUT2D eigenvalue weighted by atomic mass is 35.5. The molecule has 6 heteroatoms. The molecule has 0 fully saturated rings. The minimum atomic E-state index is -0.646. The number of hydrogen-bond donors (Lipinski definition) is 1. The molecule has 0 bridgehead atoms. The van der Waals surface area contributed by atoms with Gasteiger partial charge in [0.25, 0.3) is 5.91 Å². The lowest BCUT2D eigenvalue weighted by atomic mass is 10.0. The van der Waals surface area contributed by atoms with E-state index in [1.165, 1.54) is 10.5 Å². The van der Waals surface area contributed by atoms with Crippen molar-refractivity contribution in [1.82, 2.24) is 10.2 Å². The molecule has 0 heterocycles. The highest BCUT2D eigenvalue weighted by Gasteiger charge is 2.27. The second kappa shape index (κ2) is 11.8. The zero-order chi connectivity index (χ0) is 23.0. The van der Waals surface area contributed by atoms with Gasteiger partial charge in [-0.3, -0.25) is 9.59 Å². The molecule has 0 aromatic heterocycles. The molecule has 0 aliphatic rings. The standard InChI is InChI=1S/C25H33ClN2O3/c1-6-18(4)27-25(30)19(5)28(15-20-8-7-9-22(26)14-20)24(29)16-31-23-12-10-21(11-13-23)17(2)3/h7-14,17-19H,6,15-16H2,1-5H3,(H,27,30). The van der Waals surface area contributed by atoms with Gasteiger partial charge in [-0.15, -0.1) is 0 Å². The minimum absolute atomic E-state index is 0.0359. The van der Waals surface area contributed by atoms with Crippen LogP contribution in [0.5, 0.6) is 5.75 Å². The molecule has 0 saturated heterocycles. The molecule has 0 aliphatic heterocycles. The second-order valence-corrected chi connectivity index (χ2v) is 8.59. The van der Waals surface area contributed by atoms with E-state index in [0.29, 0.717) is 16.7 Å². The largest absolute Gasteiger partial charge is 0.484 e. The van der Waals surface area contributed by atoms with Gasteiger partial charge in [0.2, 0.25) is 5.91 Å². The normalized spacial score (nSPS) is 12.9. The molecule has 1 N–H and O–H groups in total. The number of benzene rings is 2. The van der Waals surface area contributed by atoms with Crippen molar-refractivity contribution in [3.63, 3.8) is 0 Å². The number of halogens is 1. The van der Waals surface area contributed by atoms with E-state index in [1.54, 1.807) is 19.1 Å². The molecule has 5 nitrogen and oxygen atoms in total. The molecule has 168 valence electrons. The van der Waals surface area contributed by atoms with E-state index in [9.17, 15) is 9.59 Å². The van der Waals surface area contributed by atoms with Crippen LogP contribution in [0.3, 0.4) is 0 Å². The Kier molecular flexibility index (Phi) is 9.38. The van der Waals surface area contributed by atoms with Crippen molar-refractivity contribution in [3.8, 4) is 5.75 Å². The third-order valence-electron chi connectivity index (χ3n) is 5.32. The second-order valence-electron chi connectivity index (χ2n) is 8.16. The Hall–Kier alpha value is -2.53. The van der Waals surface area contributed by atoms with E-state index >= 15 is 0 Å². The van der Waals surface area contributed by atoms with Crippen LogP contribution in [0.1, 0.15) is 58.1 Å². The fraction of sp³-hybridized carbons (Fsp3) is 0.440. The topological polar surface area (TPSA) is 58.6 Å². The quantitative estimate of drug-likeness (QED) is 0.549. The summed E-state index contributed by atoms with van der Waals surface area (Å²) in [6, 6.07) is 14.4. The summed E-state index contributed by atoms with van der Waals surface area (Å²) in [5.74, 6) is 0.594. The number of ether oxygens (including phenoxy) is 1. The van der Waals surface area contributed by atoms with Crippen molar-refractivity contribution in [1.29, 1.82) is 0 Å². The average molecular weight is 445 g/mol. The number of amides is 2. The summed E-state index contributed by atoms with van der Waals surface area (Å²) in [5, 5.41) is 3.54. The average Bonchev–Trinajstić information content (AvgIpc) is 2.75. The van der Waals surface area contributed by atoms with Crippen molar-refractivity contribution >= 4 is 23.4 Å². The van der Waals surface area contributed by atoms with E-state index in [1.807, 2.05) is 50.2 Å². The Morgan fingerprint density at radius 2 is 1.74 bits per heavy atom. The Bertz CT molecular complexity index is 867. The third kappa shape index (κ3) is 7.59. The fourth-order valence-corrected chi connectivity index (χ4v) is 3.27. The zero-order valence-electron chi connectivity index (χ0n) is 19.0. The molecule has 2 unspecified atom stereocenters. The first kappa shape index (κ1) is 24.7. The first-order valence-electron chi connectivity index (χ1n) is 10.8. The summed E-state index contributed by atoms with van der Waals surface area (Å²) in [4.78, 5) is 27.3. The summed E-state index contributed by atoms with van der Waals surface area (Å²) < 4.78 is 5.73. The fourth-order valence-electron chi connectivity index (χ4n) is 3.06. The summed E-state index contributed by atoms with van der Waals surface area (Å²) in [6.45, 7) is 10.0. The van der Waals surface area contributed by atoms with Gasteiger partial charge < -0.3 is 15.0 Å². The Labute approximate surface area is 190 Å². The van der Waals surface area contributed by atoms with Gasteiger partial charge in [0.1, 0.15) is 11.8 Å². The monoisotopic (exact) mass is 444 g/mol. The van der Waals surface area contributed by atoms with Crippen LogP contribution >= 0.6 is 11.6 Å². The number of rotatable bonds is 10. The van der Waals surface area contributed by atoms with Crippen molar-refractivity contribution in [2.24, 2.45) is 0 Å². The number of carbonyl (C=O) groups excluding carboxylic acids is 2. The van der Waals surface area contributed by atoms with Crippen LogP contribution < -0.4 is 10.1 Å². The molecule has 0 spiro atoms. The van der Waals surface area contributed by atoms with Gasteiger partial charge in [-0.1, -0.05) is 56.6 Å². The predicted molar refractivity (Wildman–Crippen MR) is 125 cm³/mol. The van der Waals surface area contributed by atoms with Gasteiger partial charge in [-0.05, 0) is 61.6 Å². The summed E-state index contributed by atoms with van der Waals surface area (Å²) in [5.41, 5.74) is 2.06. The van der Waals surface area contributed by atoms with Gasteiger partial charge in [-0.2, -0.15) is 0 Å². The SMILES string of the molecule is CCC(C)NC(=O)C(C)N(Cc1cccc(Cl)c1)C(=O)COc1ccc(C(C)C)cc1. The smallest absolute Gasteiger partial charge is 0.261 e. The molecule has 0 radical (unpaired) electrons. The summed E-state index contributed by atoms with van der Waals surface area (Å²) >= 11 is 6.11. The van der Waals surface area contributed by atoms with Crippen LogP contribution in [0.4, 0.5) is 0 Å². The van der Waals surface area contributed by atoms with Crippen LogP contribution in [-0.2, 0) is 16.1 Å². The van der Waals surface area contributed by atoms with Gasteiger partial charge >= 0.3 is 0 Å². The Balaban J connectivity index is 2.13. The molecular weight excluding hydrogens is 412 g/mol. The molecule has 2 rings (SSSR count). The summed E-state index contributed by atoms with van der Waals surface area (Å²) in [6.07, 6.45) is 0.816. The number of nitrogens with one attached hydrogen (secondary N) is 1. The molecule has 2 atom stereocenters. The van der Waals surface area contributed by atoms with Crippen molar-refractivity contribution in [2.45, 2.75) is 65.6 Å². The molecule has 0 aliphatic carbocycles. The minimum Gasteiger partial charge on any atom is -0.484 e. The maximum Gasteiger partial charge on any atom is 0.261 e. The maximum atomic E-state index is 13.1. The van der Waals surface area contributed by atoms with Crippen LogP contribution in [-0.4, -0.2) is 35.4 Å². The van der Waals surface area contributed by atoms with Crippen molar-refractivity contribution in [3.05, 3.63) is 64.7 Å². The van der Waals surface area contributed by atoms with E-state index in [4.69, 9.17) is 16.3 Å². The molecule has 2 amide bonds. The van der Waals surface area contributed by atoms with E-state index in [2.05, 4.69) is 19.2 Å². The Morgan fingerprint density at radius 1 is 1.06 bits per heavy atom. The van der Waals surface area contributed by atoms with Gasteiger partial charge in [-0.25, -0.2) is 0 Å². The number of hydrogen-bond acceptors (Lipinski definition) is 3. The molecule has 31 heavy (non-hydrogen) atoms. The third-order valence-corrected chi connectivity index (χ3v) is 5.55. The van der Waals surface area contributed by atoms with Crippen LogP contribution in [0.2, 0.25) is 5.02 Å². The lowest BCUT2D eigenvalue weighted by Crippen LogP contribution is -2.50. The lowest BCUT2D eigenvalue weighted by molar-refractivity contribution is -0.142. The number of nitrogens with zero attached hydrogens (tertiary/aromatic N) is 1. The van der Waals surface area contributed by atoms with Gasteiger partial charge in [0.15, 0.2) is 6.61 Å². The predicted octanol–water partition coefficient (Wildman–Crippen LogP) is 5.17. The Morgan fingerprint density at radius 3 is 2.32 bits per heavy atom. The molecular formula is C25H33ClN2O3. The van der Waals surface area contributed by atoms with E-state index < -0.39 is 6.04 Å². The van der Waals surface area contributed by atoms with Gasteiger partial charge in [0, 0.05) is 17.6 Å². The lowest BCUT2D eigenvalue weighted by Gasteiger charge is -2.29. The molecule has 2 aromatic carbocycles. The van der Waals surface area contributed by atoms with Crippen molar-refractivity contribution < 1.29 is 14.3 Å². The first-order chi connectivity index (χ1) is 14.7. The number of carbonyl (C=O) groups is 2. The van der Waals surface area contributed by atoms with E-state index in [0.717, 1.165) is 12.0 Å². The van der Waals surface area contributed by atoms with Gasteiger partial charge in [0.05, 0.1) is 0 Å². The first-order valence-corrected chi connectivity index (χ1v) is 11.2.